The molecule has 3 aromatic rings. The van der Waals surface area contributed by atoms with E-state index in [1.807, 2.05) is 19.1 Å². The van der Waals surface area contributed by atoms with Crippen LogP contribution in [0.4, 0.5) is 0 Å². The van der Waals surface area contributed by atoms with Crippen LogP contribution in [-0.4, -0.2) is 19.9 Å². The number of fused-ring (bicyclic) bond motifs is 2. The molecule has 96 valence electrons. The van der Waals surface area contributed by atoms with E-state index in [-0.39, 0.29) is 11.2 Å². The lowest BCUT2D eigenvalue weighted by Crippen LogP contribution is -2.23. The number of hydrogen-bond donors (Lipinski definition) is 2. The van der Waals surface area contributed by atoms with Crippen LogP contribution in [0.15, 0.2) is 21.7 Å². The van der Waals surface area contributed by atoms with Gasteiger partial charge in [0.05, 0.1) is 11.0 Å². The van der Waals surface area contributed by atoms with E-state index in [2.05, 4.69) is 26.9 Å². The fourth-order valence-corrected chi connectivity index (χ4v) is 2.18. The zero-order valence-corrected chi connectivity index (χ0v) is 10.6. The lowest BCUT2D eigenvalue weighted by Gasteiger charge is -2.05. The first-order valence-electron chi connectivity index (χ1n) is 6.02. The molecule has 0 saturated heterocycles. The van der Waals surface area contributed by atoms with Gasteiger partial charge in [0.15, 0.2) is 11.2 Å². The Hall–Kier alpha value is -2.50. The highest BCUT2D eigenvalue weighted by molar-refractivity contribution is 5.84. The zero-order valence-electron chi connectivity index (χ0n) is 10.6. The van der Waals surface area contributed by atoms with Gasteiger partial charge >= 0.3 is 5.69 Å². The maximum absolute atomic E-state index is 11.7. The van der Waals surface area contributed by atoms with Crippen molar-refractivity contribution in [1.29, 1.82) is 0 Å². The van der Waals surface area contributed by atoms with Gasteiger partial charge in [0.25, 0.3) is 5.56 Å². The average molecular weight is 256 g/mol. The minimum Gasteiger partial charge on any atom is -0.290 e. The van der Waals surface area contributed by atoms with Crippen LogP contribution in [0.2, 0.25) is 0 Å². The molecular formula is C13H12N4O2. The summed E-state index contributed by atoms with van der Waals surface area (Å²) in [4.78, 5) is 36.1. The summed E-state index contributed by atoms with van der Waals surface area (Å²) in [6, 6.07) is 3.85. The molecule has 0 aliphatic heterocycles. The molecule has 0 radical (unpaired) electrons. The fourth-order valence-electron chi connectivity index (χ4n) is 2.18. The number of nitrogens with zero attached hydrogens (tertiary/aromatic N) is 2. The summed E-state index contributed by atoms with van der Waals surface area (Å²) in [5.74, 6) is 0. The molecule has 6 heteroatoms. The van der Waals surface area contributed by atoms with Gasteiger partial charge in [-0.2, -0.15) is 0 Å². The molecule has 0 bridgehead atoms. The van der Waals surface area contributed by atoms with Crippen molar-refractivity contribution in [3.05, 3.63) is 44.1 Å². The fraction of sp³-hybridized carbons (Fsp3) is 0.231. The molecule has 1 aromatic carbocycles. The van der Waals surface area contributed by atoms with Crippen LogP contribution in [0, 0.1) is 6.92 Å². The normalized spacial score (nSPS) is 11.3. The topological polar surface area (TPSA) is 91.5 Å². The van der Waals surface area contributed by atoms with Crippen molar-refractivity contribution in [3.8, 4) is 0 Å². The minimum atomic E-state index is -0.575. The number of aromatic amines is 2. The number of aryl methyl sites for hydroxylation is 2. The van der Waals surface area contributed by atoms with Gasteiger partial charge in [0.1, 0.15) is 0 Å². The second-order valence-electron chi connectivity index (χ2n) is 4.45. The van der Waals surface area contributed by atoms with Gasteiger partial charge < -0.3 is 0 Å². The second-order valence-corrected chi connectivity index (χ2v) is 4.45. The first kappa shape index (κ1) is 11.6. The summed E-state index contributed by atoms with van der Waals surface area (Å²) in [6.45, 7) is 4.07. The van der Waals surface area contributed by atoms with Crippen molar-refractivity contribution >= 4 is 22.2 Å². The van der Waals surface area contributed by atoms with E-state index in [4.69, 9.17) is 0 Å². The second kappa shape index (κ2) is 4.01. The highest BCUT2D eigenvalue weighted by atomic mass is 16.2. The Morgan fingerprint density at radius 1 is 1.11 bits per heavy atom. The molecule has 0 saturated carbocycles. The van der Waals surface area contributed by atoms with E-state index in [1.165, 1.54) is 5.56 Å². The Labute approximate surface area is 107 Å². The van der Waals surface area contributed by atoms with Crippen molar-refractivity contribution in [2.45, 2.75) is 20.3 Å². The summed E-state index contributed by atoms with van der Waals surface area (Å²) < 4.78 is 0. The molecule has 0 spiro atoms. The van der Waals surface area contributed by atoms with Gasteiger partial charge in [0.2, 0.25) is 0 Å². The van der Waals surface area contributed by atoms with Crippen molar-refractivity contribution in [2.24, 2.45) is 0 Å². The third-order valence-electron chi connectivity index (χ3n) is 3.18. The minimum absolute atomic E-state index is 0.149. The molecule has 3 rings (SSSR count). The maximum Gasteiger partial charge on any atom is 0.327 e. The Balaban J connectivity index is 2.48. The summed E-state index contributed by atoms with van der Waals surface area (Å²) in [5, 5.41) is 0. The highest BCUT2D eigenvalue weighted by Gasteiger charge is 2.08. The van der Waals surface area contributed by atoms with Crippen molar-refractivity contribution in [3.63, 3.8) is 0 Å². The average Bonchev–Trinajstić information content (AvgIpc) is 2.36. The molecule has 0 atom stereocenters. The van der Waals surface area contributed by atoms with Gasteiger partial charge in [0, 0.05) is 0 Å². The molecule has 2 N–H and O–H groups in total. The first-order chi connectivity index (χ1) is 9.08. The summed E-state index contributed by atoms with van der Waals surface area (Å²) in [6.07, 6.45) is 0.896. The van der Waals surface area contributed by atoms with Crippen LogP contribution in [0.25, 0.3) is 22.2 Å². The molecule has 19 heavy (non-hydrogen) atoms. The van der Waals surface area contributed by atoms with Crippen LogP contribution in [0.3, 0.4) is 0 Å². The number of H-pyrrole nitrogens is 2. The Morgan fingerprint density at radius 3 is 2.58 bits per heavy atom. The highest BCUT2D eigenvalue weighted by Crippen LogP contribution is 2.18. The van der Waals surface area contributed by atoms with E-state index in [1.54, 1.807) is 0 Å². The number of hydrogen-bond acceptors (Lipinski definition) is 4. The number of aromatic nitrogens is 4. The largest absolute Gasteiger partial charge is 0.327 e. The van der Waals surface area contributed by atoms with E-state index in [0.717, 1.165) is 12.0 Å². The zero-order chi connectivity index (χ0) is 13.6. The molecule has 0 aliphatic carbocycles. The predicted octanol–water partition coefficient (Wildman–Crippen LogP) is 1.03. The maximum atomic E-state index is 11.7. The first-order valence-corrected chi connectivity index (χ1v) is 6.02. The van der Waals surface area contributed by atoms with E-state index >= 15 is 0 Å². The van der Waals surface area contributed by atoms with Crippen LogP contribution in [0.5, 0.6) is 0 Å². The number of nitrogens with one attached hydrogen (secondary N) is 2. The van der Waals surface area contributed by atoms with Crippen LogP contribution in [0.1, 0.15) is 18.1 Å². The SMILES string of the molecule is CCc1cc2nc3[nH]c(=O)[nH]c(=O)c3nc2cc1C. The van der Waals surface area contributed by atoms with Crippen molar-refractivity contribution < 1.29 is 0 Å². The van der Waals surface area contributed by atoms with Gasteiger partial charge in [-0.05, 0) is 36.6 Å². The van der Waals surface area contributed by atoms with E-state index in [9.17, 15) is 9.59 Å². The quantitative estimate of drug-likeness (QED) is 0.636. The molecule has 2 heterocycles. The Morgan fingerprint density at radius 2 is 1.84 bits per heavy atom. The van der Waals surface area contributed by atoms with Crippen molar-refractivity contribution in [1.82, 2.24) is 19.9 Å². The lowest BCUT2D eigenvalue weighted by molar-refractivity contribution is 1.05. The van der Waals surface area contributed by atoms with Gasteiger partial charge in [-0.15, -0.1) is 0 Å². The Bertz CT molecular complexity index is 908. The molecule has 0 aliphatic rings. The third-order valence-corrected chi connectivity index (χ3v) is 3.18. The van der Waals surface area contributed by atoms with Gasteiger partial charge in [-0.25, -0.2) is 14.8 Å². The van der Waals surface area contributed by atoms with Crippen molar-refractivity contribution in [2.75, 3.05) is 0 Å². The third kappa shape index (κ3) is 1.81. The molecule has 2 aromatic heterocycles. The van der Waals surface area contributed by atoms with Crippen LogP contribution >= 0.6 is 0 Å². The van der Waals surface area contributed by atoms with Gasteiger partial charge in [-0.3, -0.25) is 14.8 Å². The monoisotopic (exact) mass is 256 g/mol. The smallest absolute Gasteiger partial charge is 0.290 e. The number of benzene rings is 1. The molecule has 6 nitrogen and oxygen atoms in total. The van der Waals surface area contributed by atoms with E-state index in [0.29, 0.717) is 11.0 Å². The number of rotatable bonds is 1. The lowest BCUT2D eigenvalue weighted by atomic mass is 10.1. The molecule has 0 unspecified atom stereocenters. The summed E-state index contributed by atoms with van der Waals surface area (Å²) in [7, 11) is 0. The summed E-state index contributed by atoms with van der Waals surface area (Å²) >= 11 is 0. The summed E-state index contributed by atoms with van der Waals surface area (Å²) in [5.41, 5.74) is 2.89. The predicted molar refractivity (Wildman–Crippen MR) is 72.4 cm³/mol. The van der Waals surface area contributed by atoms with Crippen LogP contribution < -0.4 is 11.2 Å². The molecule has 0 amide bonds. The molecule has 0 fully saturated rings. The Kier molecular flexibility index (Phi) is 2.45. The van der Waals surface area contributed by atoms with E-state index < -0.39 is 11.2 Å². The van der Waals surface area contributed by atoms with Gasteiger partial charge in [-0.1, -0.05) is 6.92 Å². The molecular weight excluding hydrogens is 244 g/mol. The van der Waals surface area contributed by atoms with Crippen LogP contribution in [-0.2, 0) is 6.42 Å². The standard InChI is InChI=1S/C13H12N4O2/c1-3-7-5-9-8(4-6(7)2)14-10-11(15-9)16-13(19)17-12(10)18/h4-5H,3H2,1-2H3,(H2,15,16,17,18,19).